The van der Waals surface area contributed by atoms with Crippen molar-refractivity contribution in [3.8, 4) is 17.0 Å². The second kappa shape index (κ2) is 8.00. The lowest BCUT2D eigenvalue weighted by Crippen LogP contribution is -2.29. The summed E-state index contributed by atoms with van der Waals surface area (Å²) in [5.74, 6) is 0.711. The maximum absolute atomic E-state index is 13.4. The van der Waals surface area contributed by atoms with Gasteiger partial charge in [0.1, 0.15) is 11.4 Å². The van der Waals surface area contributed by atoms with Gasteiger partial charge in [-0.1, -0.05) is 28.1 Å². The fourth-order valence-corrected chi connectivity index (χ4v) is 4.27. The Balaban J connectivity index is 1.63. The number of benzene rings is 2. The first-order valence-electron chi connectivity index (χ1n) is 9.83. The molecule has 1 unspecified atom stereocenters. The van der Waals surface area contributed by atoms with E-state index in [4.69, 9.17) is 4.74 Å². The Morgan fingerprint density at radius 2 is 1.74 bits per heavy atom. The molecule has 0 spiro atoms. The van der Waals surface area contributed by atoms with Gasteiger partial charge in [0.15, 0.2) is 0 Å². The largest absolute Gasteiger partial charge is 0.497 e. The lowest BCUT2D eigenvalue weighted by atomic mass is 9.96. The third kappa shape index (κ3) is 3.51. The number of H-pyrrole nitrogens is 1. The van der Waals surface area contributed by atoms with E-state index in [0.717, 1.165) is 38.2 Å². The summed E-state index contributed by atoms with van der Waals surface area (Å²) in [5, 5.41) is 7.51. The second-order valence-electron chi connectivity index (χ2n) is 7.33. The van der Waals surface area contributed by atoms with Crippen LogP contribution in [0.4, 0.5) is 0 Å². The molecule has 0 saturated heterocycles. The van der Waals surface area contributed by atoms with Crippen LogP contribution >= 0.6 is 15.9 Å². The van der Waals surface area contributed by atoms with E-state index < -0.39 is 0 Å². The summed E-state index contributed by atoms with van der Waals surface area (Å²) in [5.41, 5.74) is 5.18. The molecule has 3 heterocycles. The fraction of sp³-hybridized carbons (Fsp3) is 0.125. The summed E-state index contributed by atoms with van der Waals surface area (Å²) < 4.78 is 6.27. The monoisotopic (exact) mass is 474 g/mol. The Kier molecular flexibility index (Phi) is 5.03. The van der Waals surface area contributed by atoms with E-state index in [1.807, 2.05) is 65.6 Å². The van der Waals surface area contributed by atoms with Crippen molar-refractivity contribution in [2.24, 2.45) is 0 Å². The first-order chi connectivity index (χ1) is 15.2. The van der Waals surface area contributed by atoms with Crippen LogP contribution in [-0.4, -0.2) is 33.1 Å². The summed E-state index contributed by atoms with van der Waals surface area (Å²) in [4.78, 5) is 19.4. The SMILES string of the molecule is COc1ccc(-c2n[nH]c3c2C(c2ccc(Br)cc2)N(Cc2ccncc2)C3=O)cc1. The van der Waals surface area contributed by atoms with Crippen molar-refractivity contribution >= 4 is 21.8 Å². The van der Waals surface area contributed by atoms with Crippen molar-refractivity contribution in [2.45, 2.75) is 12.6 Å². The number of pyridine rings is 1. The normalized spacial score (nSPS) is 15.2. The highest BCUT2D eigenvalue weighted by Crippen LogP contribution is 2.43. The van der Waals surface area contributed by atoms with Crippen molar-refractivity contribution in [2.75, 3.05) is 7.11 Å². The zero-order chi connectivity index (χ0) is 21.4. The molecule has 2 aromatic heterocycles. The second-order valence-corrected chi connectivity index (χ2v) is 8.25. The third-order valence-electron chi connectivity index (χ3n) is 5.52. The number of carbonyl (C=O) groups excluding carboxylic acids is 1. The number of methoxy groups -OCH3 is 1. The fourth-order valence-electron chi connectivity index (χ4n) is 4.01. The number of aromatic nitrogens is 3. The topological polar surface area (TPSA) is 71.1 Å². The highest BCUT2D eigenvalue weighted by atomic mass is 79.9. The van der Waals surface area contributed by atoms with Crippen LogP contribution < -0.4 is 4.74 Å². The zero-order valence-electron chi connectivity index (χ0n) is 16.7. The van der Waals surface area contributed by atoms with Crippen molar-refractivity contribution in [1.29, 1.82) is 0 Å². The third-order valence-corrected chi connectivity index (χ3v) is 6.04. The van der Waals surface area contributed by atoms with Crippen molar-refractivity contribution in [3.05, 3.63) is 99.9 Å². The minimum absolute atomic E-state index is 0.0630. The van der Waals surface area contributed by atoms with Crippen LogP contribution in [0, 0.1) is 0 Å². The maximum atomic E-state index is 13.4. The molecule has 1 N–H and O–H groups in total. The molecule has 7 heteroatoms. The van der Waals surface area contributed by atoms with Crippen LogP contribution in [-0.2, 0) is 6.54 Å². The molecule has 1 amide bonds. The van der Waals surface area contributed by atoms with Crippen LogP contribution in [0.1, 0.15) is 33.2 Å². The van der Waals surface area contributed by atoms with Gasteiger partial charge in [0, 0.05) is 34.5 Å². The number of fused-ring (bicyclic) bond motifs is 1. The molecule has 1 aliphatic heterocycles. The Morgan fingerprint density at radius 1 is 1.03 bits per heavy atom. The van der Waals surface area contributed by atoms with Crippen LogP contribution in [0.2, 0.25) is 0 Å². The molecule has 6 nitrogen and oxygen atoms in total. The number of rotatable bonds is 5. The molecule has 2 aromatic carbocycles. The van der Waals surface area contributed by atoms with Crippen LogP contribution in [0.5, 0.6) is 5.75 Å². The van der Waals surface area contributed by atoms with E-state index in [1.165, 1.54) is 0 Å². The highest BCUT2D eigenvalue weighted by Gasteiger charge is 2.42. The number of ether oxygens (including phenoxy) is 1. The van der Waals surface area contributed by atoms with Gasteiger partial charge in [0.2, 0.25) is 0 Å². The first-order valence-corrected chi connectivity index (χ1v) is 10.6. The van der Waals surface area contributed by atoms with Crippen LogP contribution in [0.25, 0.3) is 11.3 Å². The van der Waals surface area contributed by atoms with Gasteiger partial charge in [-0.2, -0.15) is 5.10 Å². The number of nitrogens with zero attached hydrogens (tertiary/aromatic N) is 3. The molecule has 0 aliphatic carbocycles. The Hall–Kier alpha value is -3.45. The van der Waals surface area contributed by atoms with Gasteiger partial charge in [-0.05, 0) is 59.7 Å². The molecule has 1 aliphatic rings. The zero-order valence-corrected chi connectivity index (χ0v) is 18.3. The maximum Gasteiger partial charge on any atom is 0.273 e. The molecule has 0 saturated carbocycles. The molecule has 154 valence electrons. The van der Waals surface area contributed by atoms with Gasteiger partial charge in [-0.15, -0.1) is 0 Å². The molecule has 0 bridgehead atoms. The van der Waals surface area contributed by atoms with E-state index in [-0.39, 0.29) is 11.9 Å². The summed E-state index contributed by atoms with van der Waals surface area (Å²) in [6.07, 6.45) is 3.49. The molecular weight excluding hydrogens is 456 g/mol. The Labute approximate surface area is 188 Å². The van der Waals surface area contributed by atoms with Gasteiger partial charge in [0.05, 0.1) is 18.8 Å². The van der Waals surface area contributed by atoms with E-state index in [1.54, 1.807) is 19.5 Å². The molecular formula is C24H19BrN4O2. The van der Waals surface area contributed by atoms with Crippen molar-refractivity contribution in [1.82, 2.24) is 20.1 Å². The number of carbonyl (C=O) groups is 1. The van der Waals surface area contributed by atoms with Gasteiger partial charge >= 0.3 is 0 Å². The molecule has 0 fully saturated rings. The summed E-state index contributed by atoms with van der Waals surface area (Å²) in [7, 11) is 1.64. The first kappa shape index (κ1) is 19.5. The van der Waals surface area contributed by atoms with Gasteiger partial charge < -0.3 is 9.64 Å². The van der Waals surface area contributed by atoms with Crippen molar-refractivity contribution in [3.63, 3.8) is 0 Å². The van der Waals surface area contributed by atoms with E-state index >= 15 is 0 Å². The van der Waals surface area contributed by atoms with Gasteiger partial charge in [-0.3, -0.25) is 14.9 Å². The predicted octanol–water partition coefficient (Wildman–Crippen LogP) is 4.99. The van der Waals surface area contributed by atoms with Crippen molar-refractivity contribution < 1.29 is 9.53 Å². The molecule has 31 heavy (non-hydrogen) atoms. The predicted molar refractivity (Wildman–Crippen MR) is 121 cm³/mol. The summed E-state index contributed by atoms with van der Waals surface area (Å²) >= 11 is 3.51. The lowest BCUT2D eigenvalue weighted by molar-refractivity contribution is 0.0730. The van der Waals surface area contributed by atoms with E-state index in [0.29, 0.717) is 12.2 Å². The number of hydrogen-bond acceptors (Lipinski definition) is 4. The average molecular weight is 475 g/mol. The lowest BCUT2D eigenvalue weighted by Gasteiger charge is -2.26. The minimum Gasteiger partial charge on any atom is -0.497 e. The molecule has 5 rings (SSSR count). The molecule has 4 aromatic rings. The van der Waals surface area contributed by atoms with E-state index in [2.05, 4.69) is 31.1 Å². The quantitative estimate of drug-likeness (QED) is 0.442. The molecule has 1 atom stereocenters. The smallest absolute Gasteiger partial charge is 0.273 e. The van der Waals surface area contributed by atoms with Crippen LogP contribution in [0.15, 0.2) is 77.5 Å². The molecule has 0 radical (unpaired) electrons. The van der Waals surface area contributed by atoms with Gasteiger partial charge in [0.25, 0.3) is 5.91 Å². The number of nitrogens with one attached hydrogen (secondary N) is 1. The Bertz CT molecular complexity index is 1220. The highest BCUT2D eigenvalue weighted by molar-refractivity contribution is 9.10. The van der Waals surface area contributed by atoms with E-state index in [9.17, 15) is 4.79 Å². The number of halogens is 1. The summed E-state index contributed by atoms with van der Waals surface area (Å²) in [6, 6.07) is 19.4. The average Bonchev–Trinajstić information content (AvgIpc) is 3.35. The number of hydrogen-bond donors (Lipinski definition) is 1. The standard InChI is InChI=1S/C24H19BrN4O2/c1-31-19-8-4-16(5-9-19)21-20-22(28-27-21)24(30)29(14-15-10-12-26-13-11-15)23(20)17-2-6-18(25)7-3-17/h2-13,23H,14H2,1H3,(H,27,28). The number of aromatic amines is 1. The Morgan fingerprint density at radius 3 is 2.42 bits per heavy atom. The van der Waals surface area contributed by atoms with Gasteiger partial charge in [-0.25, -0.2) is 0 Å². The summed E-state index contributed by atoms with van der Waals surface area (Å²) in [6.45, 7) is 0.479. The van der Waals surface area contributed by atoms with Crippen LogP contribution in [0.3, 0.4) is 0 Å². The minimum atomic E-state index is -0.250. The number of amides is 1.